The number of phenolic OH excluding ortho intramolecular Hbond substituents is 1. The molecule has 3 N–H and O–H groups in total. The van der Waals surface area contributed by atoms with Crippen LogP contribution in [-0.4, -0.2) is 22.1 Å². The molecule has 0 fully saturated rings. The van der Waals surface area contributed by atoms with E-state index in [1.54, 1.807) is 12.1 Å². The van der Waals surface area contributed by atoms with E-state index in [0.717, 1.165) is 18.2 Å². The number of nitrogens with one attached hydrogen (secondary N) is 1. The second-order valence-electron chi connectivity index (χ2n) is 4.35. The zero-order chi connectivity index (χ0) is 15.4. The summed E-state index contributed by atoms with van der Waals surface area (Å²) in [6.45, 7) is 0.134. The van der Waals surface area contributed by atoms with Gasteiger partial charge in [-0.05, 0) is 35.9 Å². The third-order valence-corrected chi connectivity index (χ3v) is 2.86. The monoisotopic (exact) mass is 289 g/mol. The van der Waals surface area contributed by atoms with E-state index in [-0.39, 0.29) is 23.4 Å². The number of carbonyl (C=O) groups is 2. The maximum atomic E-state index is 13.0. The molecule has 0 unspecified atom stereocenters. The fourth-order valence-corrected chi connectivity index (χ4v) is 1.73. The first-order valence-corrected chi connectivity index (χ1v) is 6.06. The summed E-state index contributed by atoms with van der Waals surface area (Å²) in [6, 6.07) is 9.07. The van der Waals surface area contributed by atoms with Crippen molar-refractivity contribution < 1.29 is 24.2 Å². The summed E-state index contributed by atoms with van der Waals surface area (Å²) in [6.07, 6.45) is 0. The van der Waals surface area contributed by atoms with Gasteiger partial charge in [-0.25, -0.2) is 9.18 Å². The minimum Gasteiger partial charge on any atom is -0.507 e. The molecule has 1 amide bonds. The highest BCUT2D eigenvalue weighted by Crippen LogP contribution is 2.17. The van der Waals surface area contributed by atoms with E-state index in [2.05, 4.69) is 5.32 Å². The lowest BCUT2D eigenvalue weighted by Crippen LogP contribution is -2.23. The van der Waals surface area contributed by atoms with Gasteiger partial charge in [-0.15, -0.1) is 0 Å². The third-order valence-electron chi connectivity index (χ3n) is 2.86. The number of aromatic carboxylic acids is 1. The molecule has 0 aliphatic heterocycles. The van der Waals surface area contributed by atoms with Crippen molar-refractivity contribution in [3.63, 3.8) is 0 Å². The lowest BCUT2D eigenvalue weighted by atomic mass is 10.1. The molecule has 0 radical (unpaired) electrons. The maximum Gasteiger partial charge on any atom is 0.335 e. The first-order valence-electron chi connectivity index (χ1n) is 6.06. The zero-order valence-corrected chi connectivity index (χ0v) is 10.8. The predicted molar refractivity (Wildman–Crippen MR) is 72.6 cm³/mol. The fourth-order valence-electron chi connectivity index (χ4n) is 1.73. The van der Waals surface area contributed by atoms with Gasteiger partial charge in [0.2, 0.25) is 0 Å². The number of rotatable bonds is 4. The van der Waals surface area contributed by atoms with Crippen molar-refractivity contribution in [3.05, 3.63) is 65.0 Å². The molecule has 2 aromatic carbocycles. The Bertz CT molecular complexity index is 683. The van der Waals surface area contributed by atoms with Crippen LogP contribution in [0.2, 0.25) is 0 Å². The van der Waals surface area contributed by atoms with E-state index >= 15 is 0 Å². The number of amides is 1. The van der Waals surface area contributed by atoms with E-state index in [1.807, 2.05) is 0 Å². The SMILES string of the molecule is O=C(O)c1ccc(CNC(=O)c2cc(F)ccc2O)cc1. The molecular weight excluding hydrogens is 277 g/mol. The highest BCUT2D eigenvalue weighted by Gasteiger charge is 2.12. The Labute approximate surface area is 119 Å². The quantitative estimate of drug-likeness (QED) is 0.805. The summed E-state index contributed by atoms with van der Waals surface area (Å²) in [5.41, 5.74) is 0.675. The molecule has 0 aliphatic carbocycles. The van der Waals surface area contributed by atoms with Crippen LogP contribution >= 0.6 is 0 Å². The lowest BCUT2D eigenvalue weighted by molar-refractivity contribution is 0.0696. The molecule has 108 valence electrons. The summed E-state index contributed by atoms with van der Waals surface area (Å²) in [4.78, 5) is 22.5. The third kappa shape index (κ3) is 3.56. The van der Waals surface area contributed by atoms with E-state index in [0.29, 0.717) is 5.56 Å². The molecule has 2 rings (SSSR count). The molecule has 0 saturated heterocycles. The van der Waals surface area contributed by atoms with E-state index in [1.165, 1.54) is 12.1 Å². The van der Waals surface area contributed by atoms with Crippen molar-refractivity contribution in [1.29, 1.82) is 0 Å². The normalized spacial score (nSPS) is 10.1. The van der Waals surface area contributed by atoms with Crippen LogP contribution < -0.4 is 5.32 Å². The van der Waals surface area contributed by atoms with E-state index < -0.39 is 17.7 Å². The number of carbonyl (C=O) groups excluding carboxylic acids is 1. The molecule has 0 aromatic heterocycles. The van der Waals surface area contributed by atoms with Crippen LogP contribution in [0.3, 0.4) is 0 Å². The first kappa shape index (κ1) is 14.5. The van der Waals surface area contributed by atoms with Crippen LogP contribution in [0, 0.1) is 5.82 Å². The zero-order valence-electron chi connectivity index (χ0n) is 10.8. The smallest absolute Gasteiger partial charge is 0.335 e. The van der Waals surface area contributed by atoms with Crippen LogP contribution in [0.1, 0.15) is 26.3 Å². The Balaban J connectivity index is 2.04. The van der Waals surface area contributed by atoms with Gasteiger partial charge in [-0.3, -0.25) is 4.79 Å². The fraction of sp³-hybridized carbons (Fsp3) is 0.0667. The van der Waals surface area contributed by atoms with Crippen LogP contribution in [0.5, 0.6) is 5.75 Å². The van der Waals surface area contributed by atoms with Gasteiger partial charge in [0.25, 0.3) is 5.91 Å². The van der Waals surface area contributed by atoms with Crippen molar-refractivity contribution in [2.24, 2.45) is 0 Å². The predicted octanol–water partition coefficient (Wildman–Crippen LogP) is 2.16. The molecule has 0 heterocycles. The molecular formula is C15H12FNO4. The first-order chi connectivity index (χ1) is 9.97. The van der Waals surface area contributed by atoms with Gasteiger partial charge in [0.05, 0.1) is 11.1 Å². The molecule has 5 nitrogen and oxygen atoms in total. The van der Waals surface area contributed by atoms with Crippen molar-refractivity contribution in [2.45, 2.75) is 6.54 Å². The molecule has 0 atom stereocenters. The average Bonchev–Trinajstić information content (AvgIpc) is 2.47. The van der Waals surface area contributed by atoms with Crippen LogP contribution in [-0.2, 0) is 6.54 Å². The summed E-state index contributed by atoms with van der Waals surface area (Å²) in [5, 5.41) is 20.8. The van der Waals surface area contributed by atoms with Crippen LogP contribution in [0.15, 0.2) is 42.5 Å². The molecule has 0 saturated carbocycles. The summed E-state index contributed by atoms with van der Waals surface area (Å²) in [7, 11) is 0. The van der Waals surface area contributed by atoms with Gasteiger partial charge in [-0.1, -0.05) is 12.1 Å². The standard InChI is InChI=1S/C15H12FNO4/c16-11-5-6-13(18)12(7-11)14(19)17-8-9-1-3-10(4-2-9)15(20)21/h1-7,18H,8H2,(H,17,19)(H,20,21). The number of benzene rings is 2. The molecule has 0 aliphatic rings. The van der Waals surface area contributed by atoms with Gasteiger partial charge >= 0.3 is 5.97 Å². The molecule has 6 heteroatoms. The van der Waals surface area contributed by atoms with Crippen molar-refractivity contribution in [2.75, 3.05) is 0 Å². The lowest BCUT2D eigenvalue weighted by Gasteiger charge is -2.07. The van der Waals surface area contributed by atoms with E-state index in [4.69, 9.17) is 5.11 Å². The number of carboxylic acid groups (broad SMARTS) is 1. The number of aromatic hydroxyl groups is 1. The van der Waals surface area contributed by atoms with Gasteiger partial charge in [-0.2, -0.15) is 0 Å². The highest BCUT2D eigenvalue weighted by molar-refractivity contribution is 5.96. The molecule has 2 aromatic rings. The molecule has 21 heavy (non-hydrogen) atoms. The molecule has 0 spiro atoms. The molecule has 0 bridgehead atoms. The number of halogens is 1. The van der Waals surface area contributed by atoms with Crippen molar-refractivity contribution >= 4 is 11.9 Å². The minimum absolute atomic E-state index is 0.134. The minimum atomic E-state index is -1.03. The topological polar surface area (TPSA) is 86.6 Å². The second kappa shape index (κ2) is 6.04. The number of phenols is 1. The van der Waals surface area contributed by atoms with Crippen LogP contribution in [0.4, 0.5) is 4.39 Å². The van der Waals surface area contributed by atoms with Crippen molar-refractivity contribution in [1.82, 2.24) is 5.32 Å². The van der Waals surface area contributed by atoms with Gasteiger partial charge in [0, 0.05) is 6.54 Å². The maximum absolute atomic E-state index is 13.0. The van der Waals surface area contributed by atoms with Crippen molar-refractivity contribution in [3.8, 4) is 5.75 Å². The Morgan fingerprint density at radius 2 is 1.76 bits per heavy atom. The van der Waals surface area contributed by atoms with Gasteiger partial charge < -0.3 is 15.5 Å². The van der Waals surface area contributed by atoms with Gasteiger partial charge in [0.1, 0.15) is 11.6 Å². The van der Waals surface area contributed by atoms with Crippen LogP contribution in [0.25, 0.3) is 0 Å². The summed E-state index contributed by atoms with van der Waals surface area (Å²) < 4.78 is 13.0. The Hall–Kier alpha value is -2.89. The number of hydrogen-bond donors (Lipinski definition) is 3. The Kier molecular flexibility index (Phi) is 4.18. The van der Waals surface area contributed by atoms with Gasteiger partial charge in [0.15, 0.2) is 0 Å². The average molecular weight is 289 g/mol. The highest BCUT2D eigenvalue weighted by atomic mass is 19.1. The second-order valence-corrected chi connectivity index (χ2v) is 4.35. The Morgan fingerprint density at radius 3 is 2.38 bits per heavy atom. The number of hydrogen-bond acceptors (Lipinski definition) is 3. The Morgan fingerprint density at radius 1 is 1.10 bits per heavy atom. The summed E-state index contributed by atoms with van der Waals surface area (Å²) in [5.74, 6) is -2.58. The van der Waals surface area contributed by atoms with E-state index in [9.17, 15) is 19.1 Å². The summed E-state index contributed by atoms with van der Waals surface area (Å²) >= 11 is 0. The number of carboxylic acids is 1. The largest absolute Gasteiger partial charge is 0.507 e.